The van der Waals surface area contributed by atoms with Gasteiger partial charge in [-0.3, -0.25) is 4.79 Å². The average molecular weight is 505 g/mol. The number of fused-ring (bicyclic) bond motifs is 2. The number of carbonyl (C=O) groups is 2. The molecule has 1 aromatic rings. The first-order chi connectivity index (χ1) is 17.1. The molecule has 7 nitrogen and oxygen atoms in total. The molecule has 3 rings (SSSR count). The summed E-state index contributed by atoms with van der Waals surface area (Å²) < 4.78 is 16.9. The van der Waals surface area contributed by atoms with Crippen LogP contribution in [-0.2, 0) is 31.9 Å². The molecule has 1 saturated carbocycles. The molecule has 0 amide bonds. The quantitative estimate of drug-likeness (QED) is 0.217. The summed E-state index contributed by atoms with van der Waals surface area (Å²) in [5.74, 6) is 0.344. The topological polar surface area (TPSA) is 102 Å². The van der Waals surface area contributed by atoms with Crippen molar-refractivity contribution in [2.24, 2.45) is 23.2 Å². The van der Waals surface area contributed by atoms with Crippen LogP contribution in [0.15, 0.2) is 18.2 Å². The number of carboxylic acid groups (broad SMARTS) is 1. The Morgan fingerprint density at radius 2 is 1.92 bits per heavy atom. The molecule has 0 radical (unpaired) electrons. The van der Waals surface area contributed by atoms with Gasteiger partial charge >= 0.3 is 11.9 Å². The summed E-state index contributed by atoms with van der Waals surface area (Å²) in [6.45, 7) is 7.29. The van der Waals surface area contributed by atoms with Crippen LogP contribution >= 0.6 is 0 Å². The maximum Gasteiger partial charge on any atom is 0.341 e. The Kier molecular flexibility index (Phi) is 10.2. The second-order valence-corrected chi connectivity index (χ2v) is 11.5. The summed E-state index contributed by atoms with van der Waals surface area (Å²) in [5, 5.41) is 20.0. The van der Waals surface area contributed by atoms with Gasteiger partial charge in [-0.2, -0.15) is 0 Å². The number of unbranched alkanes of at least 4 members (excludes halogenated alkanes) is 2. The Hall–Kier alpha value is -2.12. The number of hydrogen-bond acceptors (Lipinski definition) is 6. The molecule has 2 N–H and O–H groups in total. The number of rotatable bonds is 13. The highest BCUT2D eigenvalue weighted by atomic mass is 16.7. The second kappa shape index (κ2) is 12.9. The van der Waals surface area contributed by atoms with Crippen molar-refractivity contribution in [2.45, 2.75) is 97.7 Å². The maximum atomic E-state index is 12.1. The molecule has 0 spiro atoms. The van der Waals surface area contributed by atoms with Gasteiger partial charge in [-0.25, -0.2) is 4.79 Å². The smallest absolute Gasteiger partial charge is 0.341 e. The molecule has 7 heteroatoms. The molecule has 1 aromatic carbocycles. The fourth-order valence-corrected chi connectivity index (χ4v) is 5.79. The summed E-state index contributed by atoms with van der Waals surface area (Å²) in [7, 11) is 0. The van der Waals surface area contributed by atoms with Gasteiger partial charge in [0.1, 0.15) is 5.75 Å². The van der Waals surface area contributed by atoms with Gasteiger partial charge in [0.05, 0.1) is 17.6 Å². The number of benzene rings is 1. The fourth-order valence-electron chi connectivity index (χ4n) is 5.79. The molecule has 2 aliphatic carbocycles. The SMILES string of the molecule is CCCCC[C@@H](CC[C@@H]1[C@H]2Cc3cccc(OCC(=O)O)c3C[C@H]2C[C@H]1O)OCOC(=O)C(C)(C)C. The van der Waals surface area contributed by atoms with Crippen molar-refractivity contribution in [1.29, 1.82) is 0 Å². The number of aliphatic hydroxyl groups excluding tert-OH is 1. The molecule has 0 heterocycles. The number of carboxylic acids is 1. The van der Waals surface area contributed by atoms with E-state index in [2.05, 4.69) is 13.0 Å². The molecule has 0 aromatic heterocycles. The van der Waals surface area contributed by atoms with Gasteiger partial charge in [0.15, 0.2) is 13.4 Å². The van der Waals surface area contributed by atoms with Crippen molar-refractivity contribution in [1.82, 2.24) is 0 Å². The van der Waals surface area contributed by atoms with Crippen LogP contribution in [0.2, 0.25) is 0 Å². The van der Waals surface area contributed by atoms with Gasteiger partial charge in [0.2, 0.25) is 0 Å². The van der Waals surface area contributed by atoms with E-state index in [0.29, 0.717) is 17.6 Å². The van der Waals surface area contributed by atoms with E-state index in [9.17, 15) is 14.7 Å². The monoisotopic (exact) mass is 504 g/mol. The molecule has 5 atom stereocenters. The van der Waals surface area contributed by atoms with Crippen LogP contribution in [0.4, 0.5) is 0 Å². The van der Waals surface area contributed by atoms with Gasteiger partial charge in [0.25, 0.3) is 0 Å². The van der Waals surface area contributed by atoms with Crippen LogP contribution in [-0.4, -0.2) is 47.8 Å². The third-order valence-corrected chi connectivity index (χ3v) is 7.75. The third-order valence-electron chi connectivity index (χ3n) is 7.75. The largest absolute Gasteiger partial charge is 0.482 e. The second-order valence-electron chi connectivity index (χ2n) is 11.5. The molecule has 36 heavy (non-hydrogen) atoms. The predicted molar refractivity (Wildman–Crippen MR) is 137 cm³/mol. The Morgan fingerprint density at radius 1 is 1.14 bits per heavy atom. The minimum atomic E-state index is -0.985. The molecule has 202 valence electrons. The Balaban J connectivity index is 1.60. The summed E-state index contributed by atoms with van der Waals surface area (Å²) >= 11 is 0. The van der Waals surface area contributed by atoms with Gasteiger partial charge in [0, 0.05) is 0 Å². The van der Waals surface area contributed by atoms with Crippen LogP contribution in [0.5, 0.6) is 5.75 Å². The minimum Gasteiger partial charge on any atom is -0.482 e. The standard InChI is InChI=1S/C29H44O7/c1-5-6-7-10-21(35-18-36-28(33)29(2,3)4)12-13-22-23-14-19-9-8-11-26(34-17-27(31)32)24(19)15-20(23)16-25(22)30/h8-9,11,20-23,25,30H,5-7,10,12-18H2,1-4H3,(H,31,32)/t20-,21-,22+,23-,25+/m0/s1. The van der Waals surface area contributed by atoms with Crippen LogP contribution < -0.4 is 4.74 Å². The predicted octanol–water partition coefficient (Wildman–Crippen LogP) is 5.15. The van der Waals surface area contributed by atoms with Crippen molar-refractivity contribution >= 4 is 11.9 Å². The lowest BCUT2D eigenvalue weighted by molar-refractivity contribution is -0.171. The third kappa shape index (κ3) is 7.69. The highest BCUT2D eigenvalue weighted by Crippen LogP contribution is 2.48. The highest BCUT2D eigenvalue weighted by molar-refractivity contribution is 5.75. The van der Waals surface area contributed by atoms with Crippen molar-refractivity contribution in [2.75, 3.05) is 13.4 Å². The van der Waals surface area contributed by atoms with Crippen LogP contribution in [0.3, 0.4) is 0 Å². The fraction of sp³-hybridized carbons (Fsp3) is 0.724. The number of hydrogen-bond donors (Lipinski definition) is 2. The first kappa shape index (κ1) is 28.5. The van der Waals surface area contributed by atoms with E-state index in [4.69, 9.17) is 19.3 Å². The lowest BCUT2D eigenvalue weighted by atomic mass is 9.73. The van der Waals surface area contributed by atoms with Crippen LogP contribution in [0.1, 0.15) is 83.8 Å². The molecule has 0 aliphatic heterocycles. The Morgan fingerprint density at radius 3 is 2.61 bits per heavy atom. The summed E-state index contributed by atoms with van der Waals surface area (Å²) in [4.78, 5) is 23.1. The minimum absolute atomic E-state index is 0.00228. The Labute approximate surface area is 215 Å². The van der Waals surface area contributed by atoms with Crippen LogP contribution in [0.25, 0.3) is 0 Å². The molecular weight excluding hydrogens is 460 g/mol. The van der Waals surface area contributed by atoms with E-state index >= 15 is 0 Å². The van der Waals surface area contributed by atoms with Crippen molar-refractivity contribution < 1.29 is 34.0 Å². The number of carbonyl (C=O) groups excluding carboxylic acids is 1. The summed E-state index contributed by atoms with van der Waals surface area (Å²) in [6.07, 6.45) is 8.05. The van der Waals surface area contributed by atoms with Gasteiger partial charge in [-0.15, -0.1) is 0 Å². The lowest BCUT2D eigenvalue weighted by Crippen LogP contribution is -2.29. The van der Waals surface area contributed by atoms with Crippen molar-refractivity contribution in [3.05, 3.63) is 29.3 Å². The molecule has 0 saturated heterocycles. The van der Waals surface area contributed by atoms with E-state index in [1.165, 1.54) is 5.56 Å². The summed E-state index contributed by atoms with van der Waals surface area (Å²) in [5.41, 5.74) is 1.73. The van der Waals surface area contributed by atoms with E-state index in [0.717, 1.165) is 63.4 Å². The maximum absolute atomic E-state index is 12.1. The van der Waals surface area contributed by atoms with Gasteiger partial charge < -0.3 is 24.4 Å². The first-order valence-electron chi connectivity index (χ1n) is 13.5. The van der Waals surface area contributed by atoms with Gasteiger partial charge in [-0.05, 0) is 94.2 Å². The molecule has 2 aliphatic rings. The van der Waals surface area contributed by atoms with E-state index < -0.39 is 11.4 Å². The lowest BCUT2D eigenvalue weighted by Gasteiger charge is -2.33. The highest BCUT2D eigenvalue weighted by Gasteiger charge is 2.45. The summed E-state index contributed by atoms with van der Waals surface area (Å²) in [6, 6.07) is 5.87. The van der Waals surface area contributed by atoms with Crippen LogP contribution in [0, 0.1) is 23.2 Å². The molecule has 1 fully saturated rings. The normalized spacial score (nSPS) is 24.0. The van der Waals surface area contributed by atoms with E-state index in [1.807, 2.05) is 32.9 Å². The molecule has 0 unspecified atom stereocenters. The zero-order valence-corrected chi connectivity index (χ0v) is 22.3. The number of ether oxygens (including phenoxy) is 3. The number of aliphatic hydroxyl groups is 1. The van der Waals surface area contributed by atoms with E-state index in [-0.39, 0.29) is 37.5 Å². The zero-order valence-electron chi connectivity index (χ0n) is 22.3. The van der Waals surface area contributed by atoms with Crippen molar-refractivity contribution in [3.8, 4) is 5.75 Å². The molecular formula is C29H44O7. The van der Waals surface area contributed by atoms with Crippen molar-refractivity contribution in [3.63, 3.8) is 0 Å². The van der Waals surface area contributed by atoms with Gasteiger partial charge in [-0.1, -0.05) is 38.3 Å². The number of esters is 1. The number of aliphatic carboxylic acids is 1. The first-order valence-corrected chi connectivity index (χ1v) is 13.5. The van der Waals surface area contributed by atoms with E-state index in [1.54, 1.807) is 0 Å². The molecule has 0 bridgehead atoms. The average Bonchev–Trinajstić information content (AvgIpc) is 3.12. The zero-order chi connectivity index (χ0) is 26.3. The Bertz CT molecular complexity index is 875.